The largest absolute Gasteiger partial charge is 0.358 e. The van der Waals surface area contributed by atoms with Crippen molar-refractivity contribution in [2.45, 2.75) is 0 Å². The molecule has 3 nitrogen and oxygen atoms in total. The van der Waals surface area contributed by atoms with Crippen LogP contribution in [0, 0.1) is 0 Å². The fourth-order valence-electron chi connectivity index (χ4n) is 1.57. The highest BCUT2D eigenvalue weighted by molar-refractivity contribution is 6.02. The highest BCUT2D eigenvalue weighted by atomic mass is 14.8. The van der Waals surface area contributed by atoms with Gasteiger partial charge in [-0.05, 0) is 18.2 Å². The first-order valence-electron chi connectivity index (χ1n) is 4.12. The zero-order valence-corrected chi connectivity index (χ0v) is 6.86. The molecule has 0 saturated carbocycles. The quantitative estimate of drug-likeness (QED) is 0.560. The number of hydrogen-bond acceptors (Lipinski definition) is 2. The van der Waals surface area contributed by atoms with Crippen LogP contribution >= 0.6 is 0 Å². The lowest BCUT2D eigenvalue weighted by Crippen LogP contribution is -1.81. The first-order chi connectivity index (χ1) is 6.45. The molecule has 3 heteroatoms. The number of rotatable bonds is 0. The third kappa shape index (κ3) is 0.839. The lowest BCUT2D eigenvalue weighted by atomic mass is 10.2. The SMILES string of the molecule is c1cc2c(ccc3ncc[nH]c32)n1. The summed E-state index contributed by atoms with van der Waals surface area (Å²) in [6.07, 6.45) is 5.39. The van der Waals surface area contributed by atoms with Crippen LogP contribution in [0.3, 0.4) is 0 Å². The van der Waals surface area contributed by atoms with Crippen molar-refractivity contribution in [2.75, 3.05) is 0 Å². The predicted octanol–water partition coefficient (Wildman–Crippen LogP) is 2.11. The summed E-state index contributed by atoms with van der Waals surface area (Å²) in [5.41, 5.74) is 3.04. The first kappa shape index (κ1) is 6.60. The second kappa shape index (κ2) is 2.29. The van der Waals surface area contributed by atoms with E-state index in [0.29, 0.717) is 0 Å². The van der Waals surface area contributed by atoms with Gasteiger partial charge in [-0.1, -0.05) is 0 Å². The molecule has 1 N–H and O–H groups in total. The molecule has 3 rings (SSSR count). The molecule has 0 saturated heterocycles. The normalized spacial score (nSPS) is 11.1. The van der Waals surface area contributed by atoms with E-state index in [9.17, 15) is 0 Å². The van der Waals surface area contributed by atoms with Crippen molar-refractivity contribution in [1.82, 2.24) is 15.0 Å². The van der Waals surface area contributed by atoms with Gasteiger partial charge in [0.15, 0.2) is 0 Å². The van der Waals surface area contributed by atoms with Crippen LogP contribution in [0.5, 0.6) is 0 Å². The Hall–Kier alpha value is -1.90. The van der Waals surface area contributed by atoms with Gasteiger partial charge in [0, 0.05) is 24.0 Å². The average Bonchev–Trinajstić information content (AvgIpc) is 2.65. The Bertz CT molecular complexity index is 568. The number of aromatic amines is 1. The minimum atomic E-state index is 0.975. The van der Waals surface area contributed by atoms with Crippen LogP contribution in [0.1, 0.15) is 0 Å². The van der Waals surface area contributed by atoms with Crippen LogP contribution in [0.15, 0.2) is 36.8 Å². The smallest absolute Gasteiger partial charge is 0.0872 e. The molecule has 2 heterocycles. The molecule has 3 aromatic rings. The summed E-state index contributed by atoms with van der Waals surface area (Å²) in [5, 5.41) is 1.13. The van der Waals surface area contributed by atoms with Gasteiger partial charge in [0.05, 0.1) is 16.6 Å². The Morgan fingerprint density at radius 2 is 1.77 bits per heavy atom. The number of H-pyrrole nitrogens is 1. The second-order valence-electron chi connectivity index (χ2n) is 2.93. The van der Waals surface area contributed by atoms with Crippen LogP contribution in [0.2, 0.25) is 0 Å². The van der Waals surface area contributed by atoms with E-state index in [2.05, 4.69) is 15.0 Å². The summed E-state index contributed by atoms with van der Waals surface area (Å²) in [6, 6.07) is 5.95. The Morgan fingerprint density at radius 1 is 0.923 bits per heavy atom. The maximum atomic E-state index is 4.25. The number of nitrogens with zero attached hydrogens (tertiary/aromatic N) is 2. The molecular formula is C10H7N3. The van der Waals surface area contributed by atoms with Crippen molar-refractivity contribution in [3.05, 3.63) is 36.8 Å². The summed E-state index contributed by atoms with van der Waals surface area (Å²) in [4.78, 5) is 11.7. The molecule has 13 heavy (non-hydrogen) atoms. The topological polar surface area (TPSA) is 41.6 Å². The van der Waals surface area contributed by atoms with E-state index in [1.165, 1.54) is 0 Å². The van der Waals surface area contributed by atoms with Gasteiger partial charge < -0.3 is 4.98 Å². The van der Waals surface area contributed by atoms with Crippen LogP contribution in [0.25, 0.3) is 21.9 Å². The van der Waals surface area contributed by atoms with Crippen molar-refractivity contribution < 1.29 is 0 Å². The highest BCUT2D eigenvalue weighted by Crippen LogP contribution is 2.20. The Kier molecular flexibility index (Phi) is 1.16. The number of benzene rings is 1. The molecule has 0 bridgehead atoms. The second-order valence-corrected chi connectivity index (χ2v) is 2.93. The molecule has 0 fully saturated rings. The summed E-state index contributed by atoms with van der Waals surface area (Å²) >= 11 is 0. The zero-order valence-electron chi connectivity index (χ0n) is 6.86. The fraction of sp³-hybridized carbons (Fsp3) is 0. The van der Waals surface area contributed by atoms with Crippen molar-refractivity contribution in [2.24, 2.45) is 0 Å². The Balaban J connectivity index is 2.65. The van der Waals surface area contributed by atoms with E-state index in [1.807, 2.05) is 30.6 Å². The van der Waals surface area contributed by atoms with Crippen LogP contribution in [0.4, 0.5) is 0 Å². The summed E-state index contributed by atoms with van der Waals surface area (Å²) in [7, 11) is 0. The van der Waals surface area contributed by atoms with E-state index in [1.54, 1.807) is 6.20 Å². The van der Waals surface area contributed by atoms with Crippen LogP contribution in [-0.4, -0.2) is 15.0 Å². The summed E-state index contributed by atoms with van der Waals surface area (Å²) < 4.78 is 0. The number of fused-ring (bicyclic) bond motifs is 3. The first-order valence-corrected chi connectivity index (χ1v) is 4.12. The van der Waals surface area contributed by atoms with Gasteiger partial charge in [-0.3, -0.25) is 9.97 Å². The standard InChI is InChI=1S/C10H7N3/c1-2-9-10(13-6-5-12-9)7-3-4-11-8(1)7/h1-6,13H. The molecule has 0 radical (unpaired) electrons. The van der Waals surface area contributed by atoms with E-state index in [-0.39, 0.29) is 0 Å². The number of aromatic nitrogens is 3. The maximum Gasteiger partial charge on any atom is 0.0872 e. The Labute approximate surface area is 74.4 Å². The fourth-order valence-corrected chi connectivity index (χ4v) is 1.57. The Morgan fingerprint density at radius 3 is 2.77 bits per heavy atom. The molecule has 0 aliphatic carbocycles. The van der Waals surface area contributed by atoms with E-state index >= 15 is 0 Å². The lowest BCUT2D eigenvalue weighted by Gasteiger charge is -1.97. The molecule has 1 aromatic carbocycles. The van der Waals surface area contributed by atoms with Gasteiger partial charge in [0.25, 0.3) is 0 Å². The molecule has 0 atom stereocenters. The molecule has 0 amide bonds. The molecule has 0 unspecified atom stereocenters. The van der Waals surface area contributed by atoms with Gasteiger partial charge in [-0.15, -0.1) is 0 Å². The van der Waals surface area contributed by atoms with Gasteiger partial charge >= 0.3 is 0 Å². The van der Waals surface area contributed by atoms with E-state index < -0.39 is 0 Å². The van der Waals surface area contributed by atoms with Crippen molar-refractivity contribution in [3.8, 4) is 0 Å². The monoisotopic (exact) mass is 169 g/mol. The molecule has 62 valence electrons. The predicted molar refractivity (Wildman–Crippen MR) is 51.4 cm³/mol. The molecule has 0 aliphatic rings. The zero-order chi connectivity index (χ0) is 8.67. The van der Waals surface area contributed by atoms with Crippen LogP contribution < -0.4 is 0 Å². The molecule has 0 spiro atoms. The van der Waals surface area contributed by atoms with Gasteiger partial charge in [0.2, 0.25) is 0 Å². The minimum absolute atomic E-state index is 0.975. The van der Waals surface area contributed by atoms with Crippen molar-refractivity contribution in [1.29, 1.82) is 0 Å². The van der Waals surface area contributed by atoms with E-state index in [4.69, 9.17) is 0 Å². The lowest BCUT2D eigenvalue weighted by molar-refractivity contribution is 1.30. The number of hydrogen-bond donors (Lipinski definition) is 1. The molecule has 2 aromatic heterocycles. The summed E-state index contributed by atoms with van der Waals surface area (Å²) in [5.74, 6) is 0. The van der Waals surface area contributed by atoms with Crippen LogP contribution in [-0.2, 0) is 0 Å². The molecule has 0 aliphatic heterocycles. The van der Waals surface area contributed by atoms with Crippen molar-refractivity contribution >= 4 is 21.9 Å². The molecular weight excluding hydrogens is 162 g/mol. The third-order valence-corrected chi connectivity index (χ3v) is 2.17. The minimum Gasteiger partial charge on any atom is -0.358 e. The van der Waals surface area contributed by atoms with Crippen molar-refractivity contribution in [3.63, 3.8) is 0 Å². The highest BCUT2D eigenvalue weighted by Gasteiger charge is 2.00. The summed E-state index contributed by atoms with van der Waals surface area (Å²) in [6.45, 7) is 0. The van der Waals surface area contributed by atoms with E-state index in [0.717, 1.165) is 21.9 Å². The average molecular weight is 169 g/mol. The third-order valence-electron chi connectivity index (χ3n) is 2.17. The maximum absolute atomic E-state index is 4.25. The number of nitrogens with one attached hydrogen (secondary N) is 1. The van der Waals surface area contributed by atoms with Gasteiger partial charge in [-0.2, -0.15) is 0 Å². The van der Waals surface area contributed by atoms with Gasteiger partial charge in [-0.25, -0.2) is 0 Å². The van der Waals surface area contributed by atoms with Gasteiger partial charge in [0.1, 0.15) is 0 Å².